The predicted molar refractivity (Wildman–Crippen MR) is 130 cm³/mol. The van der Waals surface area contributed by atoms with Crippen LogP contribution in [0.1, 0.15) is 33.8 Å². The SMILES string of the molecule is Cc1ccc([CH]CCN2CC3CN(C(=O)c4nc(-c5ccccc5)oc4C(F)(F)F)CC3C2)cc1Cl. The van der Waals surface area contributed by atoms with Crippen molar-refractivity contribution >= 4 is 17.5 Å². The Labute approximate surface area is 212 Å². The molecular weight excluding hydrogens is 491 g/mol. The van der Waals surface area contributed by atoms with Crippen molar-refractivity contribution in [3.63, 3.8) is 0 Å². The summed E-state index contributed by atoms with van der Waals surface area (Å²) < 4.78 is 46.1. The monoisotopic (exact) mass is 516 g/mol. The molecule has 2 unspecified atom stereocenters. The van der Waals surface area contributed by atoms with Crippen LogP contribution >= 0.6 is 11.6 Å². The Morgan fingerprint density at radius 1 is 1.11 bits per heavy atom. The summed E-state index contributed by atoms with van der Waals surface area (Å²) in [5.74, 6) is -1.80. The maximum Gasteiger partial charge on any atom is 0.452 e. The van der Waals surface area contributed by atoms with E-state index in [1.54, 1.807) is 30.3 Å². The molecule has 1 amide bonds. The van der Waals surface area contributed by atoms with Gasteiger partial charge in [0, 0.05) is 36.8 Å². The van der Waals surface area contributed by atoms with E-state index in [-0.39, 0.29) is 17.7 Å². The van der Waals surface area contributed by atoms with Gasteiger partial charge in [0.25, 0.3) is 5.91 Å². The molecule has 0 saturated carbocycles. The first-order valence-electron chi connectivity index (χ1n) is 11.9. The van der Waals surface area contributed by atoms with Gasteiger partial charge in [0.2, 0.25) is 11.7 Å². The average Bonchev–Trinajstić information content (AvgIpc) is 3.55. The number of carbonyl (C=O) groups is 1. The van der Waals surface area contributed by atoms with Gasteiger partial charge >= 0.3 is 6.18 Å². The van der Waals surface area contributed by atoms with E-state index >= 15 is 0 Å². The molecule has 1 aromatic heterocycles. The summed E-state index contributed by atoms with van der Waals surface area (Å²) >= 11 is 6.20. The third-order valence-electron chi connectivity index (χ3n) is 6.98. The molecule has 5 nitrogen and oxygen atoms in total. The molecule has 1 radical (unpaired) electrons. The lowest BCUT2D eigenvalue weighted by Gasteiger charge is -2.21. The highest BCUT2D eigenvalue weighted by atomic mass is 35.5. The van der Waals surface area contributed by atoms with Crippen LogP contribution in [0.25, 0.3) is 11.5 Å². The van der Waals surface area contributed by atoms with Gasteiger partial charge in [-0.3, -0.25) is 4.79 Å². The van der Waals surface area contributed by atoms with Crippen LogP contribution in [-0.4, -0.2) is 53.4 Å². The highest BCUT2D eigenvalue weighted by Gasteiger charge is 2.46. The summed E-state index contributed by atoms with van der Waals surface area (Å²) in [5.41, 5.74) is 1.86. The number of amides is 1. The van der Waals surface area contributed by atoms with Gasteiger partial charge < -0.3 is 14.2 Å². The summed E-state index contributed by atoms with van der Waals surface area (Å²) in [7, 11) is 0. The van der Waals surface area contributed by atoms with Crippen LogP contribution < -0.4 is 0 Å². The van der Waals surface area contributed by atoms with Crippen LogP contribution in [0.2, 0.25) is 5.02 Å². The molecule has 0 N–H and O–H groups in total. The second kappa shape index (κ2) is 9.90. The number of aromatic nitrogens is 1. The predicted octanol–water partition coefficient (Wildman–Crippen LogP) is 5.97. The number of alkyl halides is 3. The topological polar surface area (TPSA) is 49.6 Å². The second-order valence-corrected chi connectivity index (χ2v) is 9.96. The Balaban J connectivity index is 1.20. The Kier molecular flexibility index (Phi) is 6.83. The summed E-state index contributed by atoms with van der Waals surface area (Å²) in [6, 6.07) is 14.3. The minimum absolute atomic E-state index is 0.206. The Bertz CT molecular complexity index is 1230. The fourth-order valence-electron chi connectivity index (χ4n) is 5.10. The summed E-state index contributed by atoms with van der Waals surface area (Å²) in [4.78, 5) is 21.0. The first-order chi connectivity index (χ1) is 17.2. The zero-order chi connectivity index (χ0) is 25.4. The van der Waals surface area contributed by atoms with Crippen LogP contribution in [0.3, 0.4) is 0 Å². The maximum atomic E-state index is 13.7. The molecule has 3 heterocycles. The number of hydrogen-bond acceptors (Lipinski definition) is 4. The van der Waals surface area contributed by atoms with Crippen molar-refractivity contribution in [2.75, 3.05) is 32.7 Å². The number of likely N-dealkylation sites (tertiary alicyclic amines) is 2. The molecule has 3 aromatic rings. The maximum absolute atomic E-state index is 13.7. The van der Waals surface area contributed by atoms with Crippen molar-refractivity contribution in [3.8, 4) is 11.5 Å². The third kappa shape index (κ3) is 5.15. The van der Waals surface area contributed by atoms with Gasteiger partial charge in [-0.1, -0.05) is 41.9 Å². The zero-order valence-electron chi connectivity index (χ0n) is 19.8. The lowest BCUT2D eigenvalue weighted by atomic mass is 10.0. The molecule has 2 aliphatic rings. The number of fused-ring (bicyclic) bond motifs is 1. The summed E-state index contributed by atoms with van der Waals surface area (Å²) in [5, 5.41) is 0.751. The van der Waals surface area contributed by atoms with Crippen LogP contribution in [0.4, 0.5) is 13.2 Å². The van der Waals surface area contributed by atoms with E-state index in [2.05, 4.69) is 16.3 Å². The number of hydrogen-bond donors (Lipinski definition) is 0. The highest BCUT2D eigenvalue weighted by Crippen LogP contribution is 2.38. The lowest BCUT2D eigenvalue weighted by molar-refractivity contribution is -0.153. The molecule has 2 aromatic carbocycles. The standard InChI is InChI=1S/C27H26ClF3N3O2/c1-17-9-10-18(12-22(17)28)6-5-11-33-13-20-15-34(16-21(20)14-33)26(35)23-24(27(29,30)31)36-25(32-23)19-7-3-2-4-8-19/h2-4,6-10,12,20-21H,5,11,13-16H2,1H3. The van der Waals surface area contributed by atoms with Crippen LogP contribution in [0.5, 0.6) is 0 Å². The van der Waals surface area contributed by atoms with Crippen molar-refractivity contribution in [3.05, 3.63) is 82.6 Å². The van der Waals surface area contributed by atoms with Crippen molar-refractivity contribution < 1.29 is 22.4 Å². The minimum atomic E-state index is -4.81. The molecular formula is C27H26ClF3N3O2. The molecule has 36 heavy (non-hydrogen) atoms. The van der Waals surface area contributed by atoms with E-state index in [1.165, 1.54) is 4.90 Å². The number of nitrogens with zero attached hydrogens (tertiary/aromatic N) is 3. The lowest BCUT2D eigenvalue weighted by Crippen LogP contribution is -2.34. The van der Waals surface area contributed by atoms with Gasteiger partial charge in [0.1, 0.15) is 0 Å². The minimum Gasteiger partial charge on any atom is -0.431 e. The zero-order valence-corrected chi connectivity index (χ0v) is 20.5. The number of carbonyl (C=O) groups excluding carboxylic acids is 1. The Hall–Kier alpha value is -2.84. The van der Waals surface area contributed by atoms with Crippen LogP contribution in [-0.2, 0) is 6.18 Å². The van der Waals surface area contributed by atoms with Gasteiger partial charge in [-0.05, 0) is 67.5 Å². The van der Waals surface area contributed by atoms with Crippen molar-refractivity contribution in [1.82, 2.24) is 14.8 Å². The number of oxazole rings is 1. The van der Waals surface area contributed by atoms with Gasteiger partial charge in [-0.2, -0.15) is 13.2 Å². The molecule has 5 rings (SSSR count). The van der Waals surface area contributed by atoms with E-state index in [4.69, 9.17) is 16.0 Å². The van der Waals surface area contributed by atoms with E-state index < -0.39 is 23.5 Å². The molecule has 2 saturated heterocycles. The van der Waals surface area contributed by atoms with Crippen molar-refractivity contribution in [2.45, 2.75) is 19.5 Å². The van der Waals surface area contributed by atoms with E-state index in [9.17, 15) is 18.0 Å². The molecule has 2 aliphatic heterocycles. The first-order valence-corrected chi connectivity index (χ1v) is 12.3. The van der Waals surface area contributed by atoms with E-state index in [1.807, 2.05) is 25.1 Å². The Morgan fingerprint density at radius 3 is 2.44 bits per heavy atom. The number of aryl methyl sites for hydroxylation is 1. The molecule has 2 atom stereocenters. The van der Waals surface area contributed by atoms with Crippen LogP contribution in [0.15, 0.2) is 52.9 Å². The number of rotatable bonds is 6. The first kappa shape index (κ1) is 24.8. The molecule has 189 valence electrons. The quantitative estimate of drug-likeness (QED) is 0.405. The molecule has 9 heteroatoms. The van der Waals surface area contributed by atoms with Gasteiger partial charge in [0.15, 0.2) is 5.69 Å². The molecule has 0 aliphatic carbocycles. The van der Waals surface area contributed by atoms with Gasteiger partial charge in [-0.15, -0.1) is 0 Å². The number of halogens is 4. The van der Waals surface area contributed by atoms with Crippen LogP contribution in [0, 0.1) is 25.2 Å². The largest absolute Gasteiger partial charge is 0.452 e. The average molecular weight is 517 g/mol. The fourth-order valence-corrected chi connectivity index (χ4v) is 5.29. The highest BCUT2D eigenvalue weighted by molar-refractivity contribution is 6.31. The van der Waals surface area contributed by atoms with E-state index in [0.29, 0.717) is 18.7 Å². The van der Waals surface area contributed by atoms with Gasteiger partial charge in [-0.25, -0.2) is 4.98 Å². The summed E-state index contributed by atoms with van der Waals surface area (Å²) in [6.07, 6.45) is -1.78. The van der Waals surface area contributed by atoms with Crippen molar-refractivity contribution in [1.29, 1.82) is 0 Å². The normalized spacial score (nSPS) is 20.2. The van der Waals surface area contributed by atoms with Gasteiger partial charge in [0.05, 0.1) is 0 Å². The second-order valence-electron chi connectivity index (χ2n) is 9.55. The number of benzene rings is 2. The van der Waals surface area contributed by atoms with Crippen molar-refractivity contribution in [2.24, 2.45) is 11.8 Å². The molecule has 0 spiro atoms. The van der Waals surface area contributed by atoms with E-state index in [0.717, 1.165) is 42.2 Å². The molecule has 0 bridgehead atoms. The Morgan fingerprint density at radius 2 is 1.81 bits per heavy atom. The fraction of sp³-hybridized carbons (Fsp3) is 0.370. The smallest absolute Gasteiger partial charge is 0.431 e. The third-order valence-corrected chi connectivity index (χ3v) is 7.39. The molecule has 2 fully saturated rings. The summed E-state index contributed by atoms with van der Waals surface area (Å²) in [6.45, 7) is 5.32.